The van der Waals surface area contributed by atoms with Crippen LogP contribution in [-0.2, 0) is 22.7 Å². The van der Waals surface area contributed by atoms with Gasteiger partial charge in [0.05, 0.1) is 22.6 Å². The molecule has 0 bridgehead atoms. The molecular formula is C24H21ClFN7O4. The van der Waals surface area contributed by atoms with Crippen molar-refractivity contribution in [3.8, 4) is 0 Å². The highest BCUT2D eigenvalue weighted by Crippen LogP contribution is 2.28. The third-order valence-electron chi connectivity index (χ3n) is 5.97. The molecule has 4 amide bonds. The summed E-state index contributed by atoms with van der Waals surface area (Å²) in [7, 11) is 0. The van der Waals surface area contributed by atoms with Gasteiger partial charge in [0, 0.05) is 40.2 Å². The number of aromatic nitrogens is 1. The molecule has 1 fully saturated rings. The SMILES string of the molecule is [N-]=[N+]=NC(=O)c1ccc2c(C(N)=O)cn(CC(=O)N(CC(=O)NCc3cccc(Cl)c3F)C3CC3)c2c1. The number of fused-ring (bicyclic) bond motifs is 1. The number of azide groups is 1. The monoisotopic (exact) mass is 525 g/mol. The Morgan fingerprint density at radius 2 is 2.00 bits per heavy atom. The molecule has 190 valence electrons. The third kappa shape index (κ3) is 5.71. The van der Waals surface area contributed by atoms with Crippen molar-refractivity contribution >= 4 is 46.1 Å². The molecule has 37 heavy (non-hydrogen) atoms. The molecule has 0 saturated heterocycles. The zero-order valence-corrected chi connectivity index (χ0v) is 20.1. The standard InChI is InChI=1S/C24H21ClFN7O4/c25-18-3-1-2-14(22(18)26)9-29-20(34)11-33(15-5-6-15)21(35)12-32-10-17(23(27)36)16-7-4-13(8-19(16)32)24(37)30-31-28/h1-4,7-8,10,15H,5-6,9,11-12H2,(H2,27,36)(H,29,34). The van der Waals surface area contributed by atoms with Crippen molar-refractivity contribution in [3.63, 3.8) is 0 Å². The molecule has 1 aliphatic carbocycles. The highest BCUT2D eigenvalue weighted by molar-refractivity contribution is 6.30. The molecule has 0 atom stereocenters. The molecule has 4 rings (SSSR count). The second-order valence-corrected chi connectivity index (χ2v) is 8.91. The predicted octanol–water partition coefficient (Wildman–Crippen LogP) is 3.29. The van der Waals surface area contributed by atoms with E-state index in [2.05, 4.69) is 15.3 Å². The van der Waals surface area contributed by atoms with Crippen molar-refractivity contribution < 1.29 is 23.6 Å². The Labute approximate surface area is 214 Å². The normalized spacial score (nSPS) is 12.6. The van der Waals surface area contributed by atoms with Gasteiger partial charge in [-0.05, 0) is 35.6 Å². The number of hydrogen-bond acceptors (Lipinski definition) is 4. The van der Waals surface area contributed by atoms with Crippen LogP contribution >= 0.6 is 11.6 Å². The lowest BCUT2D eigenvalue weighted by atomic mass is 10.1. The Hall–Kier alpha value is -4.41. The Morgan fingerprint density at radius 3 is 2.68 bits per heavy atom. The van der Waals surface area contributed by atoms with Crippen LogP contribution in [0, 0.1) is 5.82 Å². The lowest BCUT2D eigenvalue weighted by molar-refractivity contribution is -0.137. The number of halogens is 2. The van der Waals surface area contributed by atoms with Gasteiger partial charge in [0.25, 0.3) is 5.91 Å². The van der Waals surface area contributed by atoms with Gasteiger partial charge in [0.15, 0.2) is 0 Å². The van der Waals surface area contributed by atoms with Crippen LogP contribution in [0.2, 0.25) is 5.02 Å². The van der Waals surface area contributed by atoms with Crippen molar-refractivity contribution in [2.24, 2.45) is 10.8 Å². The van der Waals surface area contributed by atoms with Gasteiger partial charge in [-0.3, -0.25) is 19.2 Å². The summed E-state index contributed by atoms with van der Waals surface area (Å²) in [4.78, 5) is 53.7. The summed E-state index contributed by atoms with van der Waals surface area (Å²) < 4.78 is 15.6. The van der Waals surface area contributed by atoms with Crippen molar-refractivity contribution in [1.29, 1.82) is 0 Å². The molecule has 0 radical (unpaired) electrons. The first kappa shape index (κ1) is 25.7. The van der Waals surface area contributed by atoms with Crippen LogP contribution in [0.4, 0.5) is 4.39 Å². The van der Waals surface area contributed by atoms with Gasteiger partial charge in [0.2, 0.25) is 17.7 Å². The fourth-order valence-corrected chi connectivity index (χ4v) is 4.18. The van der Waals surface area contributed by atoms with E-state index in [0.717, 1.165) is 12.8 Å². The zero-order valence-electron chi connectivity index (χ0n) is 19.4. The minimum absolute atomic E-state index is 0.0555. The minimum atomic E-state index is -0.823. The maximum absolute atomic E-state index is 14.1. The largest absolute Gasteiger partial charge is 0.366 e. The predicted molar refractivity (Wildman–Crippen MR) is 132 cm³/mol. The van der Waals surface area contributed by atoms with Gasteiger partial charge in [-0.1, -0.05) is 35.9 Å². The highest BCUT2D eigenvalue weighted by atomic mass is 35.5. The summed E-state index contributed by atoms with van der Waals surface area (Å²) in [5, 5.41) is 6.03. The average molecular weight is 526 g/mol. The Kier molecular flexibility index (Phi) is 7.42. The van der Waals surface area contributed by atoms with Gasteiger partial charge < -0.3 is 20.5 Å². The summed E-state index contributed by atoms with van der Waals surface area (Å²) >= 11 is 5.78. The molecule has 3 N–H and O–H groups in total. The molecule has 11 nitrogen and oxygen atoms in total. The van der Waals surface area contributed by atoms with Crippen LogP contribution in [0.5, 0.6) is 0 Å². The summed E-state index contributed by atoms with van der Waals surface area (Å²) in [5.74, 6) is -3.04. The molecule has 1 saturated carbocycles. The Morgan fingerprint density at radius 1 is 1.24 bits per heavy atom. The second-order valence-electron chi connectivity index (χ2n) is 8.50. The van der Waals surface area contributed by atoms with Crippen LogP contribution in [0.3, 0.4) is 0 Å². The van der Waals surface area contributed by atoms with E-state index in [-0.39, 0.29) is 47.4 Å². The maximum atomic E-state index is 14.1. The maximum Gasteiger partial charge on any atom is 0.250 e. The summed E-state index contributed by atoms with van der Waals surface area (Å²) in [6.45, 7) is -0.575. The van der Waals surface area contributed by atoms with E-state index in [0.29, 0.717) is 10.9 Å². The number of primary amides is 1. The fraction of sp³-hybridized carbons (Fsp3) is 0.250. The van der Waals surface area contributed by atoms with Crippen LogP contribution in [0.1, 0.15) is 39.1 Å². The first-order valence-electron chi connectivity index (χ1n) is 11.2. The number of hydrogen-bond donors (Lipinski definition) is 2. The van der Waals surface area contributed by atoms with Crippen molar-refractivity contribution in [3.05, 3.63) is 80.6 Å². The van der Waals surface area contributed by atoms with E-state index >= 15 is 0 Å². The number of amides is 4. The van der Waals surface area contributed by atoms with Gasteiger partial charge in [0.1, 0.15) is 12.4 Å². The smallest absolute Gasteiger partial charge is 0.250 e. The van der Waals surface area contributed by atoms with Gasteiger partial charge in [-0.25, -0.2) is 4.39 Å². The number of nitrogens with two attached hydrogens (primary N) is 1. The molecule has 1 aliphatic rings. The van der Waals surface area contributed by atoms with Crippen LogP contribution < -0.4 is 11.1 Å². The number of rotatable bonds is 9. The number of carbonyl (C=O) groups is 4. The van der Waals surface area contributed by atoms with Gasteiger partial charge in [-0.2, -0.15) is 0 Å². The quantitative estimate of drug-likeness (QED) is 0.249. The number of nitrogens with one attached hydrogen (secondary N) is 1. The van der Waals surface area contributed by atoms with Crippen LogP contribution in [0.25, 0.3) is 21.3 Å². The number of nitrogens with zero attached hydrogens (tertiary/aromatic N) is 5. The first-order chi connectivity index (χ1) is 17.7. The van der Waals surface area contributed by atoms with Gasteiger partial charge in [-0.15, -0.1) is 0 Å². The lowest BCUT2D eigenvalue weighted by Gasteiger charge is -2.22. The molecule has 0 aliphatic heterocycles. The highest BCUT2D eigenvalue weighted by Gasteiger charge is 2.34. The van der Waals surface area contributed by atoms with Crippen molar-refractivity contribution in [2.75, 3.05) is 6.54 Å². The molecule has 1 heterocycles. The molecule has 0 spiro atoms. The second kappa shape index (κ2) is 10.7. The Balaban J connectivity index is 1.53. The molecular weight excluding hydrogens is 505 g/mol. The van der Waals surface area contributed by atoms with Crippen molar-refractivity contribution in [2.45, 2.75) is 32.0 Å². The average Bonchev–Trinajstić information content (AvgIpc) is 3.64. The summed E-state index contributed by atoms with van der Waals surface area (Å²) in [5.41, 5.74) is 14.8. The number of carbonyl (C=O) groups excluding carboxylic acids is 4. The topological polar surface area (TPSA) is 163 Å². The summed E-state index contributed by atoms with van der Waals surface area (Å²) in [6, 6.07) is 8.62. The zero-order chi connectivity index (χ0) is 26.7. The Bertz CT molecular complexity index is 1480. The van der Waals surface area contributed by atoms with E-state index in [1.54, 1.807) is 6.07 Å². The fourth-order valence-electron chi connectivity index (χ4n) is 3.98. The molecule has 0 unspecified atom stereocenters. The third-order valence-corrected chi connectivity index (χ3v) is 6.26. The molecule has 1 aromatic heterocycles. The van der Waals surface area contributed by atoms with Crippen molar-refractivity contribution in [1.82, 2.24) is 14.8 Å². The van der Waals surface area contributed by atoms with E-state index in [1.807, 2.05) is 0 Å². The molecule has 3 aromatic rings. The lowest BCUT2D eigenvalue weighted by Crippen LogP contribution is -2.43. The van der Waals surface area contributed by atoms with E-state index in [9.17, 15) is 23.6 Å². The van der Waals surface area contributed by atoms with E-state index in [4.69, 9.17) is 22.9 Å². The van der Waals surface area contributed by atoms with Crippen LogP contribution in [-0.4, -0.2) is 45.7 Å². The van der Waals surface area contributed by atoms with E-state index < -0.39 is 29.4 Å². The van der Waals surface area contributed by atoms with Crippen LogP contribution in [0.15, 0.2) is 47.7 Å². The minimum Gasteiger partial charge on any atom is -0.366 e. The summed E-state index contributed by atoms with van der Waals surface area (Å²) in [6.07, 6.45) is 2.86. The van der Waals surface area contributed by atoms with E-state index in [1.165, 1.54) is 46.0 Å². The molecule has 2 aromatic carbocycles. The molecule has 13 heteroatoms. The first-order valence-corrected chi connectivity index (χ1v) is 11.6. The number of benzene rings is 2. The van der Waals surface area contributed by atoms with Gasteiger partial charge >= 0.3 is 0 Å².